The zero-order valence-corrected chi connectivity index (χ0v) is 15.9. The Labute approximate surface area is 166 Å². The highest BCUT2D eigenvalue weighted by atomic mass is 35.5. The highest BCUT2D eigenvalue weighted by Crippen LogP contribution is 2.27. The molecule has 0 bridgehead atoms. The van der Waals surface area contributed by atoms with E-state index in [2.05, 4.69) is 9.97 Å². The molecule has 2 aromatic heterocycles. The molecule has 11 heteroatoms. The Morgan fingerprint density at radius 2 is 1.83 bits per heavy atom. The van der Waals surface area contributed by atoms with E-state index in [1.54, 1.807) is 0 Å². The third-order valence-electron chi connectivity index (χ3n) is 4.24. The monoisotopic (exact) mass is 434 g/mol. The summed E-state index contributed by atoms with van der Waals surface area (Å²) in [5.41, 5.74) is -0.548. The minimum atomic E-state index is -4.38. The molecule has 1 unspecified atom stereocenters. The Morgan fingerprint density at radius 1 is 1.17 bits per heavy atom. The first-order valence-electron chi connectivity index (χ1n) is 8.62. The fourth-order valence-electron chi connectivity index (χ4n) is 3.09. The summed E-state index contributed by atoms with van der Waals surface area (Å²) < 4.78 is 66.1. The van der Waals surface area contributed by atoms with Crippen LogP contribution in [0.1, 0.15) is 19.2 Å². The van der Waals surface area contributed by atoms with Crippen LogP contribution in [0.15, 0.2) is 35.4 Å². The van der Waals surface area contributed by atoms with Crippen LogP contribution in [-0.2, 0) is 13.0 Å². The van der Waals surface area contributed by atoms with Crippen LogP contribution >= 0.6 is 11.6 Å². The molecule has 156 valence electrons. The number of nitrogens with zero attached hydrogens (tertiary/aromatic N) is 4. The molecule has 3 rings (SSSR count). The van der Waals surface area contributed by atoms with Gasteiger partial charge in [0.15, 0.2) is 11.2 Å². The number of aromatic nitrogens is 4. The third kappa shape index (κ3) is 4.92. The minimum absolute atomic E-state index is 0.0255. The van der Waals surface area contributed by atoms with Crippen LogP contribution in [0.4, 0.5) is 22.0 Å². The minimum Gasteiger partial charge on any atom is -0.309 e. The van der Waals surface area contributed by atoms with E-state index in [-0.39, 0.29) is 23.4 Å². The number of imidazole rings is 1. The summed E-state index contributed by atoms with van der Waals surface area (Å²) in [5.74, 6) is -0.859. The lowest BCUT2D eigenvalue weighted by Gasteiger charge is -2.17. The first-order chi connectivity index (χ1) is 13.5. The van der Waals surface area contributed by atoms with Crippen molar-refractivity contribution in [3.8, 4) is 5.69 Å². The standard InChI is InChI=1S/C18H16ClF5N4O/c1-10(7-18(22,23)24)6-14-26-16-15(25-9-27(16)8-13(20)21)17(29)28(14)12-4-2-11(19)3-5-12/h2-5,9-10,13H,6-8H2,1H3. The Morgan fingerprint density at radius 3 is 2.41 bits per heavy atom. The molecule has 1 aromatic carbocycles. The fraction of sp³-hybridized carbons (Fsp3) is 0.389. The molecular weight excluding hydrogens is 419 g/mol. The average molecular weight is 435 g/mol. The van der Waals surface area contributed by atoms with E-state index in [1.165, 1.54) is 31.2 Å². The number of hydrogen-bond acceptors (Lipinski definition) is 3. The summed E-state index contributed by atoms with van der Waals surface area (Å²) >= 11 is 5.87. The van der Waals surface area contributed by atoms with Gasteiger partial charge in [0.1, 0.15) is 5.82 Å². The van der Waals surface area contributed by atoms with E-state index < -0.39 is 37.0 Å². The van der Waals surface area contributed by atoms with Gasteiger partial charge in [0.25, 0.3) is 12.0 Å². The first kappa shape index (κ1) is 21.2. The van der Waals surface area contributed by atoms with Crippen LogP contribution in [0.2, 0.25) is 5.02 Å². The van der Waals surface area contributed by atoms with E-state index in [0.717, 1.165) is 15.5 Å². The van der Waals surface area contributed by atoms with Crippen LogP contribution in [0.25, 0.3) is 16.9 Å². The quantitative estimate of drug-likeness (QED) is 0.531. The number of halogens is 6. The molecule has 5 nitrogen and oxygen atoms in total. The first-order valence-corrected chi connectivity index (χ1v) is 9.00. The van der Waals surface area contributed by atoms with Gasteiger partial charge in [0.05, 0.1) is 18.6 Å². The lowest BCUT2D eigenvalue weighted by molar-refractivity contribution is -0.143. The number of hydrogen-bond donors (Lipinski definition) is 0. The molecule has 0 radical (unpaired) electrons. The topological polar surface area (TPSA) is 52.7 Å². The molecule has 0 amide bonds. The maximum Gasteiger partial charge on any atom is 0.389 e. The highest BCUT2D eigenvalue weighted by molar-refractivity contribution is 6.30. The smallest absolute Gasteiger partial charge is 0.309 e. The molecule has 29 heavy (non-hydrogen) atoms. The molecule has 3 aromatic rings. The molecule has 0 N–H and O–H groups in total. The Hall–Kier alpha value is -2.49. The molecule has 0 spiro atoms. The highest BCUT2D eigenvalue weighted by Gasteiger charge is 2.31. The largest absolute Gasteiger partial charge is 0.389 e. The van der Waals surface area contributed by atoms with Gasteiger partial charge in [0.2, 0.25) is 0 Å². The van der Waals surface area contributed by atoms with Crippen LogP contribution in [-0.4, -0.2) is 31.7 Å². The zero-order valence-electron chi connectivity index (χ0n) is 15.1. The van der Waals surface area contributed by atoms with Gasteiger partial charge in [-0.1, -0.05) is 18.5 Å². The molecular formula is C18H16ClF5N4O. The van der Waals surface area contributed by atoms with Crippen molar-refractivity contribution in [3.63, 3.8) is 0 Å². The van der Waals surface area contributed by atoms with E-state index in [0.29, 0.717) is 10.7 Å². The SMILES string of the molecule is CC(Cc1nc2c(ncn2CC(F)F)c(=O)n1-c1ccc(Cl)cc1)CC(F)(F)F. The number of alkyl halides is 5. The second-order valence-electron chi connectivity index (χ2n) is 6.73. The lowest BCUT2D eigenvalue weighted by atomic mass is 10.0. The molecule has 0 aliphatic rings. The molecule has 1 atom stereocenters. The number of fused-ring (bicyclic) bond motifs is 1. The second-order valence-corrected chi connectivity index (χ2v) is 7.17. The molecule has 0 aliphatic carbocycles. The van der Waals surface area contributed by atoms with Gasteiger partial charge in [-0.05, 0) is 30.2 Å². The maximum absolute atomic E-state index is 13.0. The predicted molar refractivity (Wildman–Crippen MR) is 97.7 cm³/mol. The van der Waals surface area contributed by atoms with Crippen molar-refractivity contribution in [3.05, 3.63) is 51.8 Å². The number of benzene rings is 1. The Kier molecular flexibility index (Phi) is 5.92. The fourth-order valence-corrected chi connectivity index (χ4v) is 3.22. The van der Waals surface area contributed by atoms with Gasteiger partial charge in [-0.15, -0.1) is 0 Å². The molecule has 0 saturated carbocycles. The van der Waals surface area contributed by atoms with Crippen molar-refractivity contribution in [1.82, 2.24) is 19.1 Å². The molecule has 0 saturated heterocycles. The van der Waals surface area contributed by atoms with E-state index in [1.807, 2.05) is 0 Å². The average Bonchev–Trinajstić information content (AvgIpc) is 2.97. The van der Waals surface area contributed by atoms with E-state index >= 15 is 0 Å². The van der Waals surface area contributed by atoms with E-state index in [4.69, 9.17) is 11.6 Å². The van der Waals surface area contributed by atoms with Crippen molar-refractivity contribution >= 4 is 22.8 Å². The summed E-state index contributed by atoms with van der Waals surface area (Å²) in [6, 6.07) is 6.08. The van der Waals surface area contributed by atoms with Crippen molar-refractivity contribution < 1.29 is 22.0 Å². The second kappa shape index (κ2) is 8.10. The van der Waals surface area contributed by atoms with Gasteiger partial charge in [0, 0.05) is 17.9 Å². The summed E-state index contributed by atoms with van der Waals surface area (Å²) in [4.78, 5) is 21.1. The van der Waals surface area contributed by atoms with Crippen LogP contribution in [0.5, 0.6) is 0 Å². The Balaban J connectivity index is 2.16. The van der Waals surface area contributed by atoms with Gasteiger partial charge >= 0.3 is 6.18 Å². The lowest BCUT2D eigenvalue weighted by Crippen LogP contribution is -2.26. The summed E-state index contributed by atoms with van der Waals surface area (Å²) in [6.45, 7) is 0.651. The van der Waals surface area contributed by atoms with Crippen molar-refractivity contribution in [2.45, 2.75) is 38.9 Å². The summed E-state index contributed by atoms with van der Waals surface area (Å²) in [7, 11) is 0. The number of rotatable bonds is 6. The summed E-state index contributed by atoms with van der Waals surface area (Å²) in [6.07, 6.45) is -7.28. The van der Waals surface area contributed by atoms with Gasteiger partial charge in [-0.3, -0.25) is 9.36 Å². The van der Waals surface area contributed by atoms with Gasteiger partial charge in [-0.25, -0.2) is 18.7 Å². The van der Waals surface area contributed by atoms with Gasteiger partial charge in [-0.2, -0.15) is 13.2 Å². The zero-order chi connectivity index (χ0) is 21.3. The maximum atomic E-state index is 13.0. The van der Waals surface area contributed by atoms with Crippen LogP contribution in [0, 0.1) is 5.92 Å². The predicted octanol–water partition coefficient (Wildman–Crippen LogP) is 4.63. The third-order valence-corrected chi connectivity index (χ3v) is 4.49. The van der Waals surface area contributed by atoms with Crippen LogP contribution in [0.3, 0.4) is 0 Å². The van der Waals surface area contributed by atoms with Crippen molar-refractivity contribution in [2.75, 3.05) is 0 Å². The Bertz CT molecular complexity index is 1060. The normalized spacial score (nSPS) is 13.4. The van der Waals surface area contributed by atoms with E-state index in [9.17, 15) is 26.7 Å². The van der Waals surface area contributed by atoms with Crippen LogP contribution < -0.4 is 5.56 Å². The van der Waals surface area contributed by atoms with Gasteiger partial charge < -0.3 is 4.57 Å². The van der Waals surface area contributed by atoms with Crippen molar-refractivity contribution in [1.29, 1.82) is 0 Å². The molecule has 0 fully saturated rings. The molecule has 2 heterocycles. The summed E-state index contributed by atoms with van der Waals surface area (Å²) in [5, 5.41) is 0.407. The molecule has 0 aliphatic heterocycles. The van der Waals surface area contributed by atoms with Crippen molar-refractivity contribution in [2.24, 2.45) is 5.92 Å².